The monoisotopic (exact) mass is 269 g/mol. The van der Waals surface area contributed by atoms with Crippen LogP contribution in [0.15, 0.2) is 4.52 Å². The van der Waals surface area contributed by atoms with Crippen LogP contribution in [0.2, 0.25) is 0 Å². The quantitative estimate of drug-likeness (QED) is 0.745. The van der Waals surface area contributed by atoms with Crippen molar-refractivity contribution in [3.05, 3.63) is 11.7 Å². The molecular formula is C14H27N3O2. The van der Waals surface area contributed by atoms with Crippen LogP contribution in [-0.4, -0.2) is 22.8 Å². The summed E-state index contributed by atoms with van der Waals surface area (Å²) in [5, 5.41) is 4.03. The lowest BCUT2D eigenvalue weighted by molar-refractivity contribution is 0.0518. The first-order valence-electron chi connectivity index (χ1n) is 7.29. The highest BCUT2D eigenvalue weighted by atomic mass is 16.5. The Morgan fingerprint density at radius 1 is 1.26 bits per heavy atom. The molecule has 3 atom stereocenters. The van der Waals surface area contributed by atoms with Gasteiger partial charge in [0.1, 0.15) is 6.10 Å². The van der Waals surface area contributed by atoms with Gasteiger partial charge in [0.25, 0.3) is 0 Å². The molecule has 0 bridgehead atoms. The Hall–Kier alpha value is -0.940. The van der Waals surface area contributed by atoms with Crippen molar-refractivity contribution in [3.63, 3.8) is 0 Å². The van der Waals surface area contributed by atoms with Crippen molar-refractivity contribution >= 4 is 0 Å². The lowest BCUT2D eigenvalue weighted by Crippen LogP contribution is -2.14. The van der Waals surface area contributed by atoms with E-state index in [4.69, 9.17) is 15.0 Å². The largest absolute Gasteiger partial charge is 0.370 e. The molecule has 0 saturated carbocycles. The van der Waals surface area contributed by atoms with Crippen LogP contribution in [0.25, 0.3) is 0 Å². The van der Waals surface area contributed by atoms with Crippen LogP contribution in [0.5, 0.6) is 0 Å². The molecule has 3 unspecified atom stereocenters. The Labute approximate surface area is 115 Å². The minimum Gasteiger partial charge on any atom is -0.370 e. The van der Waals surface area contributed by atoms with Gasteiger partial charge in [0.05, 0.1) is 0 Å². The summed E-state index contributed by atoms with van der Waals surface area (Å²) in [7, 11) is 0. The molecule has 5 heteroatoms. The minimum atomic E-state index is -0.0567. The average molecular weight is 269 g/mol. The second-order valence-electron chi connectivity index (χ2n) is 5.15. The van der Waals surface area contributed by atoms with Gasteiger partial charge in [-0.05, 0) is 33.1 Å². The maximum absolute atomic E-state index is 5.74. The molecule has 0 aliphatic carbocycles. The van der Waals surface area contributed by atoms with E-state index in [2.05, 4.69) is 24.0 Å². The van der Waals surface area contributed by atoms with E-state index in [9.17, 15) is 0 Å². The molecule has 0 radical (unpaired) electrons. The normalized spacial score (nSPS) is 16.3. The van der Waals surface area contributed by atoms with Crippen molar-refractivity contribution in [3.8, 4) is 0 Å². The van der Waals surface area contributed by atoms with Crippen molar-refractivity contribution in [1.29, 1.82) is 0 Å². The van der Waals surface area contributed by atoms with E-state index in [0.29, 0.717) is 18.3 Å². The first-order chi connectivity index (χ1) is 9.08. The smallest absolute Gasteiger partial charge is 0.229 e. The third-order valence-electron chi connectivity index (χ3n) is 3.20. The van der Waals surface area contributed by atoms with Crippen LogP contribution < -0.4 is 5.73 Å². The molecule has 0 aliphatic heterocycles. The number of aromatic nitrogens is 2. The summed E-state index contributed by atoms with van der Waals surface area (Å²) in [6.45, 7) is 8.83. The number of rotatable bonds is 9. The van der Waals surface area contributed by atoms with Gasteiger partial charge < -0.3 is 15.0 Å². The zero-order chi connectivity index (χ0) is 14.3. The third-order valence-corrected chi connectivity index (χ3v) is 3.20. The second-order valence-corrected chi connectivity index (χ2v) is 5.15. The molecular weight excluding hydrogens is 242 g/mol. The number of hydrogen-bond donors (Lipinski definition) is 1. The molecule has 0 amide bonds. The van der Waals surface area contributed by atoms with Crippen molar-refractivity contribution in [2.45, 2.75) is 71.4 Å². The van der Waals surface area contributed by atoms with Gasteiger partial charge in [0, 0.05) is 18.6 Å². The number of ether oxygens (including phenoxy) is 1. The summed E-state index contributed by atoms with van der Waals surface area (Å²) in [6.07, 6.45) is 3.93. The van der Waals surface area contributed by atoms with Crippen molar-refractivity contribution in [2.24, 2.45) is 5.73 Å². The SMILES string of the molecule is CCOC(CC)c1noc(C(C)CCCC(C)N)n1. The van der Waals surface area contributed by atoms with E-state index in [1.165, 1.54) is 0 Å². The summed E-state index contributed by atoms with van der Waals surface area (Å²) in [4.78, 5) is 4.46. The Morgan fingerprint density at radius 3 is 2.58 bits per heavy atom. The lowest BCUT2D eigenvalue weighted by atomic mass is 10.0. The lowest BCUT2D eigenvalue weighted by Gasteiger charge is -2.10. The molecule has 1 heterocycles. The van der Waals surface area contributed by atoms with Crippen LogP contribution in [0.3, 0.4) is 0 Å². The molecule has 0 saturated heterocycles. The summed E-state index contributed by atoms with van der Waals surface area (Å²) in [5.41, 5.74) is 5.74. The molecule has 2 N–H and O–H groups in total. The summed E-state index contributed by atoms with van der Waals surface area (Å²) >= 11 is 0. The standard InChI is InChI=1S/C14H27N3O2/c1-5-12(18-6-2)13-16-14(19-17-13)10(3)8-7-9-11(4)15/h10-12H,5-9,15H2,1-4H3. The van der Waals surface area contributed by atoms with E-state index in [1.54, 1.807) is 0 Å². The fourth-order valence-corrected chi connectivity index (χ4v) is 2.02. The first-order valence-corrected chi connectivity index (χ1v) is 7.29. The third kappa shape index (κ3) is 5.28. The summed E-state index contributed by atoms with van der Waals surface area (Å²) in [5.74, 6) is 1.65. The van der Waals surface area contributed by atoms with Crippen molar-refractivity contribution in [1.82, 2.24) is 10.1 Å². The average Bonchev–Trinajstić information content (AvgIpc) is 2.84. The highest BCUT2D eigenvalue weighted by molar-refractivity contribution is 4.95. The highest BCUT2D eigenvalue weighted by Crippen LogP contribution is 2.23. The minimum absolute atomic E-state index is 0.0567. The van der Waals surface area contributed by atoms with Crippen LogP contribution in [-0.2, 0) is 4.74 Å². The van der Waals surface area contributed by atoms with Crippen LogP contribution in [0, 0.1) is 0 Å². The van der Waals surface area contributed by atoms with E-state index in [-0.39, 0.29) is 18.1 Å². The van der Waals surface area contributed by atoms with Crippen LogP contribution in [0.1, 0.15) is 77.1 Å². The van der Waals surface area contributed by atoms with Crippen LogP contribution >= 0.6 is 0 Å². The predicted molar refractivity (Wildman–Crippen MR) is 74.9 cm³/mol. The molecule has 1 aromatic rings. The van der Waals surface area contributed by atoms with E-state index < -0.39 is 0 Å². The number of nitrogens with two attached hydrogens (primary N) is 1. The summed E-state index contributed by atoms with van der Waals surface area (Å²) in [6, 6.07) is 0.257. The van der Waals surface area contributed by atoms with Gasteiger partial charge in [-0.2, -0.15) is 4.98 Å². The Bertz CT molecular complexity index is 352. The Balaban J connectivity index is 2.52. The maximum Gasteiger partial charge on any atom is 0.229 e. The second kappa shape index (κ2) is 8.27. The maximum atomic E-state index is 5.74. The van der Waals surface area contributed by atoms with Gasteiger partial charge in [-0.3, -0.25) is 0 Å². The van der Waals surface area contributed by atoms with E-state index in [1.807, 2.05) is 13.8 Å². The van der Waals surface area contributed by atoms with Gasteiger partial charge >= 0.3 is 0 Å². The molecule has 0 spiro atoms. The molecule has 19 heavy (non-hydrogen) atoms. The zero-order valence-electron chi connectivity index (χ0n) is 12.6. The Morgan fingerprint density at radius 2 is 2.00 bits per heavy atom. The molecule has 0 aromatic carbocycles. The topological polar surface area (TPSA) is 74.2 Å². The van der Waals surface area contributed by atoms with Gasteiger partial charge in [-0.1, -0.05) is 25.4 Å². The fraction of sp³-hybridized carbons (Fsp3) is 0.857. The molecule has 110 valence electrons. The van der Waals surface area contributed by atoms with Crippen molar-refractivity contribution in [2.75, 3.05) is 6.61 Å². The summed E-state index contributed by atoms with van der Waals surface area (Å²) < 4.78 is 10.9. The molecule has 0 aliphatic rings. The predicted octanol–water partition coefficient (Wildman–Crippen LogP) is 3.18. The van der Waals surface area contributed by atoms with E-state index >= 15 is 0 Å². The fourth-order valence-electron chi connectivity index (χ4n) is 2.02. The molecule has 5 nitrogen and oxygen atoms in total. The van der Waals surface area contributed by atoms with E-state index in [0.717, 1.165) is 25.7 Å². The first kappa shape index (κ1) is 16.1. The Kier molecular flexibility index (Phi) is 7.02. The van der Waals surface area contributed by atoms with Gasteiger partial charge in [-0.25, -0.2) is 0 Å². The molecule has 1 aromatic heterocycles. The number of hydrogen-bond acceptors (Lipinski definition) is 5. The van der Waals surface area contributed by atoms with Crippen molar-refractivity contribution < 1.29 is 9.26 Å². The van der Waals surface area contributed by atoms with Gasteiger partial charge in [-0.15, -0.1) is 0 Å². The van der Waals surface area contributed by atoms with Gasteiger partial charge in [0.2, 0.25) is 11.7 Å². The molecule has 1 rings (SSSR count). The van der Waals surface area contributed by atoms with Crippen LogP contribution in [0.4, 0.5) is 0 Å². The van der Waals surface area contributed by atoms with Gasteiger partial charge in [0.15, 0.2) is 0 Å². The zero-order valence-corrected chi connectivity index (χ0v) is 12.6. The highest BCUT2D eigenvalue weighted by Gasteiger charge is 2.19. The molecule has 0 fully saturated rings. The number of nitrogens with zero attached hydrogens (tertiary/aromatic N) is 2.